The van der Waals surface area contributed by atoms with Crippen molar-refractivity contribution in [1.82, 2.24) is 4.31 Å². The number of nitro groups is 1. The Hall–Kier alpha value is -1.78. The first kappa shape index (κ1) is 16.6. The van der Waals surface area contributed by atoms with E-state index in [1.54, 1.807) is 0 Å². The van der Waals surface area contributed by atoms with Crippen LogP contribution in [0.25, 0.3) is 0 Å². The summed E-state index contributed by atoms with van der Waals surface area (Å²) in [4.78, 5) is 9.60. The van der Waals surface area contributed by atoms with E-state index >= 15 is 0 Å². The molecule has 2 N–H and O–H groups in total. The summed E-state index contributed by atoms with van der Waals surface area (Å²) in [5, 5.41) is 11.0. The molecule has 1 unspecified atom stereocenters. The molecule has 122 valence electrons. The van der Waals surface area contributed by atoms with Crippen molar-refractivity contribution < 1.29 is 22.5 Å². The minimum Gasteiger partial charge on any atom is -0.488 e. The van der Waals surface area contributed by atoms with E-state index in [-0.39, 0.29) is 19.1 Å². The molecule has 0 radical (unpaired) electrons. The number of ether oxygens (including phenoxy) is 1. The second-order valence-electron chi connectivity index (χ2n) is 4.98. The van der Waals surface area contributed by atoms with Crippen molar-refractivity contribution in [3.63, 3.8) is 0 Å². The van der Waals surface area contributed by atoms with Crippen molar-refractivity contribution in [2.45, 2.75) is 23.8 Å². The maximum atomic E-state index is 13.9. The molecule has 1 aromatic carbocycles. The Balaban J connectivity index is 2.49. The van der Waals surface area contributed by atoms with E-state index in [1.165, 1.54) is 0 Å². The fourth-order valence-corrected chi connectivity index (χ4v) is 3.95. The van der Waals surface area contributed by atoms with Crippen LogP contribution in [0.4, 0.5) is 10.1 Å². The number of benzene rings is 1. The van der Waals surface area contributed by atoms with Crippen molar-refractivity contribution in [3.05, 3.63) is 28.1 Å². The van der Waals surface area contributed by atoms with Crippen LogP contribution in [0.1, 0.15) is 12.8 Å². The first-order valence-electron chi connectivity index (χ1n) is 6.55. The zero-order valence-electron chi connectivity index (χ0n) is 11.9. The highest BCUT2D eigenvalue weighted by Gasteiger charge is 2.32. The van der Waals surface area contributed by atoms with Gasteiger partial charge in [0.25, 0.3) is 0 Å². The molecule has 0 amide bonds. The Kier molecular flexibility index (Phi) is 4.63. The number of hydrogen-bond donors (Lipinski definition) is 1. The number of methoxy groups -OCH3 is 1. The van der Waals surface area contributed by atoms with Gasteiger partial charge in [-0.15, -0.1) is 0 Å². The largest absolute Gasteiger partial charge is 0.488 e. The van der Waals surface area contributed by atoms with Gasteiger partial charge in [-0.25, -0.2) is 12.8 Å². The summed E-state index contributed by atoms with van der Waals surface area (Å²) in [5.74, 6) is -1.70. The smallest absolute Gasteiger partial charge is 0.315 e. The van der Waals surface area contributed by atoms with E-state index in [2.05, 4.69) is 4.74 Å². The van der Waals surface area contributed by atoms with Crippen LogP contribution in [0.5, 0.6) is 5.75 Å². The number of nitrogens with zero attached hydrogens (tertiary/aromatic N) is 2. The normalized spacial score (nSPS) is 19.9. The maximum absolute atomic E-state index is 13.9. The lowest BCUT2D eigenvalue weighted by Crippen LogP contribution is -2.45. The Bertz CT molecular complexity index is 694. The minimum atomic E-state index is -4.05. The number of rotatable bonds is 4. The first-order valence-corrected chi connectivity index (χ1v) is 7.99. The molecule has 0 bridgehead atoms. The van der Waals surface area contributed by atoms with E-state index in [4.69, 9.17) is 5.73 Å². The Morgan fingerprint density at radius 2 is 2.18 bits per heavy atom. The molecule has 1 aliphatic heterocycles. The number of sulfonamides is 1. The van der Waals surface area contributed by atoms with Crippen molar-refractivity contribution >= 4 is 15.7 Å². The summed E-state index contributed by atoms with van der Waals surface area (Å²) in [6, 6.07) is 1.22. The van der Waals surface area contributed by atoms with Crippen molar-refractivity contribution in [2.24, 2.45) is 5.73 Å². The third-order valence-electron chi connectivity index (χ3n) is 3.46. The second kappa shape index (κ2) is 6.15. The molecule has 0 saturated carbocycles. The van der Waals surface area contributed by atoms with Crippen LogP contribution < -0.4 is 10.5 Å². The van der Waals surface area contributed by atoms with E-state index in [9.17, 15) is 22.9 Å². The molecule has 10 heteroatoms. The Labute approximate surface area is 126 Å². The van der Waals surface area contributed by atoms with E-state index in [0.717, 1.165) is 23.5 Å². The molecule has 2 rings (SSSR count). The maximum Gasteiger partial charge on any atom is 0.315 e. The third-order valence-corrected chi connectivity index (χ3v) is 5.30. The number of piperidine rings is 1. The highest BCUT2D eigenvalue weighted by Crippen LogP contribution is 2.34. The van der Waals surface area contributed by atoms with Gasteiger partial charge in [-0.1, -0.05) is 0 Å². The van der Waals surface area contributed by atoms with Crippen LogP contribution >= 0.6 is 0 Å². The zero-order valence-corrected chi connectivity index (χ0v) is 12.7. The number of hydrogen-bond acceptors (Lipinski definition) is 6. The van der Waals surface area contributed by atoms with Gasteiger partial charge < -0.3 is 10.5 Å². The van der Waals surface area contributed by atoms with Crippen LogP contribution in [0, 0.1) is 15.9 Å². The summed E-state index contributed by atoms with van der Waals surface area (Å²) in [6.07, 6.45) is 1.28. The summed E-state index contributed by atoms with van der Waals surface area (Å²) in [7, 11) is -2.97. The highest BCUT2D eigenvalue weighted by molar-refractivity contribution is 7.89. The number of nitro benzene ring substituents is 1. The zero-order chi connectivity index (χ0) is 16.5. The molecule has 1 atom stereocenters. The fourth-order valence-electron chi connectivity index (χ4n) is 2.38. The van der Waals surface area contributed by atoms with Crippen LogP contribution in [0.3, 0.4) is 0 Å². The predicted molar refractivity (Wildman–Crippen MR) is 75.6 cm³/mol. The van der Waals surface area contributed by atoms with E-state index in [0.29, 0.717) is 12.8 Å². The fraction of sp³-hybridized carbons (Fsp3) is 0.500. The SMILES string of the molecule is COc1c(F)cc(S(=O)(=O)N2CCCC(N)C2)cc1[N+](=O)[O-]. The molecule has 22 heavy (non-hydrogen) atoms. The van der Waals surface area contributed by atoms with E-state index < -0.39 is 37.1 Å². The molecule has 0 spiro atoms. The number of nitrogens with two attached hydrogens (primary N) is 1. The Morgan fingerprint density at radius 1 is 1.50 bits per heavy atom. The van der Waals surface area contributed by atoms with Gasteiger partial charge in [0, 0.05) is 25.2 Å². The van der Waals surface area contributed by atoms with Gasteiger partial charge in [0.1, 0.15) is 0 Å². The lowest BCUT2D eigenvalue weighted by molar-refractivity contribution is -0.386. The molecule has 1 heterocycles. The third kappa shape index (κ3) is 3.03. The lowest BCUT2D eigenvalue weighted by Gasteiger charge is -2.29. The average molecular weight is 333 g/mol. The summed E-state index contributed by atoms with van der Waals surface area (Å²) < 4.78 is 44.6. The molecule has 1 fully saturated rings. The van der Waals surface area contributed by atoms with E-state index in [1.807, 2.05) is 0 Å². The van der Waals surface area contributed by atoms with Gasteiger partial charge in [-0.05, 0) is 18.9 Å². The molecule has 1 aliphatic rings. The topological polar surface area (TPSA) is 116 Å². The molecule has 0 aromatic heterocycles. The molecule has 1 aromatic rings. The summed E-state index contributed by atoms with van der Waals surface area (Å²) >= 11 is 0. The van der Waals surface area contributed by atoms with Crippen molar-refractivity contribution in [2.75, 3.05) is 20.2 Å². The predicted octanol–water partition coefficient (Wildman–Crippen LogP) is 0.854. The van der Waals surface area contributed by atoms with Gasteiger partial charge >= 0.3 is 5.69 Å². The molecule has 8 nitrogen and oxygen atoms in total. The van der Waals surface area contributed by atoms with Gasteiger partial charge in [0.2, 0.25) is 15.8 Å². The molecular weight excluding hydrogens is 317 g/mol. The second-order valence-corrected chi connectivity index (χ2v) is 6.92. The van der Waals surface area contributed by atoms with Gasteiger partial charge in [-0.2, -0.15) is 4.31 Å². The van der Waals surface area contributed by atoms with Gasteiger partial charge in [0.15, 0.2) is 5.82 Å². The van der Waals surface area contributed by atoms with Gasteiger partial charge in [0.05, 0.1) is 16.9 Å². The minimum absolute atomic E-state index is 0.101. The van der Waals surface area contributed by atoms with Crippen LogP contribution in [0.15, 0.2) is 17.0 Å². The van der Waals surface area contributed by atoms with Crippen molar-refractivity contribution in [1.29, 1.82) is 0 Å². The summed E-state index contributed by atoms with van der Waals surface area (Å²) in [5.41, 5.74) is 5.01. The quantitative estimate of drug-likeness (QED) is 0.645. The standard InChI is InChI=1S/C12H16FN3O5S/c1-21-12-10(13)5-9(6-11(12)16(17)18)22(19,20)15-4-2-3-8(14)7-15/h5-6,8H,2-4,7,14H2,1H3. The van der Waals surface area contributed by atoms with Gasteiger partial charge in [-0.3, -0.25) is 10.1 Å². The Morgan fingerprint density at radius 3 is 2.73 bits per heavy atom. The van der Waals surface area contributed by atoms with Crippen LogP contribution in [-0.2, 0) is 10.0 Å². The van der Waals surface area contributed by atoms with Crippen LogP contribution in [0.2, 0.25) is 0 Å². The molecule has 1 saturated heterocycles. The highest BCUT2D eigenvalue weighted by atomic mass is 32.2. The van der Waals surface area contributed by atoms with Crippen molar-refractivity contribution in [3.8, 4) is 5.75 Å². The molecular formula is C12H16FN3O5S. The summed E-state index contributed by atoms with van der Waals surface area (Å²) in [6.45, 7) is 0.348. The lowest BCUT2D eigenvalue weighted by atomic mass is 10.1. The molecule has 0 aliphatic carbocycles. The first-order chi connectivity index (χ1) is 10.3. The number of halogens is 1. The average Bonchev–Trinajstić information content (AvgIpc) is 2.46. The van der Waals surface area contributed by atoms with Crippen LogP contribution in [-0.4, -0.2) is 43.9 Å². The monoisotopic (exact) mass is 333 g/mol.